The first kappa shape index (κ1) is 15.9. The monoisotopic (exact) mass is 308 g/mol. The molecule has 0 bridgehead atoms. The first-order valence-electron chi connectivity index (χ1n) is 7.22. The summed E-state index contributed by atoms with van der Waals surface area (Å²) in [6, 6.07) is 7.48. The molecule has 0 amide bonds. The molecule has 1 aromatic heterocycles. The minimum atomic E-state index is -0.570. The van der Waals surface area contributed by atoms with Gasteiger partial charge in [-0.1, -0.05) is 36.7 Å². The molecule has 114 valence electrons. The lowest BCUT2D eigenvalue weighted by Crippen LogP contribution is -2.08. The number of aryl methyl sites for hydroxylation is 2. The smallest absolute Gasteiger partial charge is 0.131 e. The van der Waals surface area contributed by atoms with Crippen molar-refractivity contribution in [1.82, 2.24) is 9.78 Å². The van der Waals surface area contributed by atoms with E-state index >= 15 is 0 Å². The molecule has 0 fully saturated rings. The first-order chi connectivity index (χ1) is 10.1. The number of para-hydroxylation sites is 1. The number of hydrogen-bond donors (Lipinski definition) is 1. The van der Waals surface area contributed by atoms with Gasteiger partial charge in [0.05, 0.1) is 22.5 Å². The van der Waals surface area contributed by atoms with Crippen LogP contribution in [0.1, 0.15) is 43.8 Å². The highest BCUT2D eigenvalue weighted by Gasteiger charge is 2.16. The lowest BCUT2D eigenvalue weighted by molar-refractivity contribution is 0.189. The molecule has 21 heavy (non-hydrogen) atoms. The van der Waals surface area contributed by atoms with Gasteiger partial charge in [0, 0.05) is 12.1 Å². The van der Waals surface area contributed by atoms with Gasteiger partial charge in [0.15, 0.2) is 0 Å². The molecular formula is C16H21ClN2O2. The summed E-state index contributed by atoms with van der Waals surface area (Å²) in [5.41, 5.74) is 2.53. The Morgan fingerprint density at radius 3 is 2.67 bits per heavy atom. The Labute approximate surface area is 130 Å². The summed E-state index contributed by atoms with van der Waals surface area (Å²) in [7, 11) is 0. The van der Waals surface area contributed by atoms with Crippen LogP contribution in [0.2, 0.25) is 5.02 Å². The molecule has 2 rings (SSSR count). The molecule has 0 aliphatic carbocycles. The van der Waals surface area contributed by atoms with Crippen LogP contribution in [0.4, 0.5) is 0 Å². The van der Waals surface area contributed by atoms with Crippen LogP contribution in [-0.4, -0.2) is 14.9 Å². The highest BCUT2D eigenvalue weighted by molar-refractivity contribution is 6.31. The third-order valence-corrected chi connectivity index (χ3v) is 3.86. The number of hydrogen-bond acceptors (Lipinski definition) is 3. The van der Waals surface area contributed by atoms with Crippen LogP contribution in [0.15, 0.2) is 24.3 Å². The third-order valence-electron chi connectivity index (χ3n) is 3.43. The van der Waals surface area contributed by atoms with Crippen molar-refractivity contribution in [3.63, 3.8) is 0 Å². The molecular weight excluding hydrogens is 288 g/mol. The van der Waals surface area contributed by atoms with Crippen LogP contribution in [-0.2, 0) is 19.6 Å². The van der Waals surface area contributed by atoms with Gasteiger partial charge in [-0.25, -0.2) is 0 Å². The molecule has 4 nitrogen and oxygen atoms in total. The second-order valence-electron chi connectivity index (χ2n) is 4.88. The summed E-state index contributed by atoms with van der Waals surface area (Å²) in [5, 5.41) is 14.9. The van der Waals surface area contributed by atoms with Crippen molar-refractivity contribution in [2.75, 3.05) is 0 Å². The fraction of sp³-hybridized carbons (Fsp3) is 0.438. The summed E-state index contributed by atoms with van der Waals surface area (Å²) in [4.78, 5) is 0. The summed E-state index contributed by atoms with van der Waals surface area (Å²) in [5.74, 6) is 0.672. The van der Waals surface area contributed by atoms with Crippen LogP contribution < -0.4 is 4.74 Å². The normalized spacial score (nSPS) is 12.4. The van der Waals surface area contributed by atoms with Crippen molar-refractivity contribution in [2.24, 2.45) is 0 Å². The van der Waals surface area contributed by atoms with Crippen molar-refractivity contribution in [3.8, 4) is 5.75 Å². The summed E-state index contributed by atoms with van der Waals surface area (Å²) >= 11 is 6.36. The number of halogens is 1. The van der Waals surface area contributed by atoms with E-state index in [9.17, 15) is 5.11 Å². The van der Waals surface area contributed by atoms with Gasteiger partial charge in [-0.3, -0.25) is 4.68 Å². The van der Waals surface area contributed by atoms with E-state index < -0.39 is 6.10 Å². The van der Waals surface area contributed by atoms with E-state index in [1.54, 1.807) is 6.92 Å². The molecule has 1 N–H and O–H groups in total. The average molecular weight is 309 g/mol. The Bertz CT molecular complexity index is 608. The Morgan fingerprint density at radius 1 is 1.33 bits per heavy atom. The minimum Gasteiger partial charge on any atom is -0.487 e. The largest absolute Gasteiger partial charge is 0.487 e. The Morgan fingerprint density at radius 2 is 2.05 bits per heavy atom. The molecule has 1 heterocycles. The van der Waals surface area contributed by atoms with Crippen molar-refractivity contribution in [3.05, 3.63) is 46.2 Å². The number of benzene rings is 1. The molecule has 0 unspecified atom stereocenters. The fourth-order valence-corrected chi connectivity index (χ4v) is 2.58. The van der Waals surface area contributed by atoms with Crippen molar-refractivity contribution in [2.45, 2.75) is 46.4 Å². The van der Waals surface area contributed by atoms with E-state index in [4.69, 9.17) is 16.3 Å². The number of ether oxygens (including phenoxy) is 1. The number of rotatable bonds is 6. The number of aliphatic hydroxyl groups is 1. The van der Waals surface area contributed by atoms with E-state index in [2.05, 4.69) is 5.10 Å². The van der Waals surface area contributed by atoms with Crippen molar-refractivity contribution >= 4 is 11.6 Å². The molecule has 0 saturated heterocycles. The van der Waals surface area contributed by atoms with E-state index in [1.807, 2.05) is 42.8 Å². The van der Waals surface area contributed by atoms with Gasteiger partial charge in [-0.2, -0.15) is 5.10 Å². The molecule has 0 spiro atoms. The van der Waals surface area contributed by atoms with Gasteiger partial charge in [-0.05, 0) is 26.3 Å². The summed E-state index contributed by atoms with van der Waals surface area (Å²) in [6.07, 6.45) is 0.224. The molecule has 0 saturated carbocycles. The number of aliphatic hydroxyl groups excluding tert-OH is 1. The van der Waals surface area contributed by atoms with Gasteiger partial charge in [0.1, 0.15) is 12.4 Å². The number of aromatic nitrogens is 2. The third kappa shape index (κ3) is 3.39. The quantitative estimate of drug-likeness (QED) is 0.884. The summed E-state index contributed by atoms with van der Waals surface area (Å²) in [6.45, 7) is 6.86. The second-order valence-corrected chi connectivity index (χ2v) is 5.26. The predicted octanol–water partition coefficient (Wildman–Crippen LogP) is 3.75. The minimum absolute atomic E-state index is 0.337. The Balaban J connectivity index is 2.23. The van der Waals surface area contributed by atoms with Crippen LogP contribution in [0, 0.1) is 0 Å². The van der Waals surface area contributed by atoms with Gasteiger partial charge in [0.25, 0.3) is 0 Å². The van der Waals surface area contributed by atoms with E-state index in [-0.39, 0.29) is 0 Å². The van der Waals surface area contributed by atoms with E-state index in [0.717, 1.165) is 29.9 Å². The topological polar surface area (TPSA) is 47.3 Å². The molecule has 0 aliphatic heterocycles. The van der Waals surface area contributed by atoms with Crippen molar-refractivity contribution in [1.29, 1.82) is 0 Å². The molecule has 2 aromatic rings. The average Bonchev–Trinajstić information content (AvgIpc) is 2.80. The highest BCUT2D eigenvalue weighted by atomic mass is 35.5. The molecule has 0 aliphatic rings. The molecule has 0 radical (unpaired) electrons. The van der Waals surface area contributed by atoms with Gasteiger partial charge < -0.3 is 9.84 Å². The zero-order chi connectivity index (χ0) is 15.4. The van der Waals surface area contributed by atoms with Gasteiger partial charge in [0.2, 0.25) is 0 Å². The lowest BCUT2D eigenvalue weighted by Gasteiger charge is -2.14. The molecule has 5 heteroatoms. The Hall–Kier alpha value is -1.52. The number of nitrogens with zero attached hydrogens (tertiary/aromatic N) is 2. The highest BCUT2D eigenvalue weighted by Crippen LogP contribution is 2.27. The predicted molar refractivity (Wildman–Crippen MR) is 83.7 cm³/mol. The summed E-state index contributed by atoms with van der Waals surface area (Å²) < 4.78 is 7.73. The zero-order valence-electron chi connectivity index (χ0n) is 12.6. The van der Waals surface area contributed by atoms with Crippen LogP contribution in [0.5, 0.6) is 5.75 Å². The van der Waals surface area contributed by atoms with Crippen LogP contribution in [0.25, 0.3) is 0 Å². The SMILES string of the molecule is CCc1nn(CC)c(COc2ccccc2[C@H](C)O)c1Cl. The first-order valence-corrected chi connectivity index (χ1v) is 7.60. The maximum Gasteiger partial charge on any atom is 0.131 e. The second kappa shape index (κ2) is 6.96. The van der Waals surface area contributed by atoms with E-state index in [0.29, 0.717) is 17.4 Å². The fourth-order valence-electron chi connectivity index (χ4n) is 2.26. The van der Waals surface area contributed by atoms with Gasteiger partial charge in [-0.15, -0.1) is 0 Å². The Kier molecular flexibility index (Phi) is 5.26. The van der Waals surface area contributed by atoms with Gasteiger partial charge >= 0.3 is 0 Å². The maximum atomic E-state index is 9.78. The lowest BCUT2D eigenvalue weighted by atomic mass is 10.1. The van der Waals surface area contributed by atoms with Crippen LogP contribution in [0.3, 0.4) is 0 Å². The van der Waals surface area contributed by atoms with Crippen molar-refractivity contribution < 1.29 is 9.84 Å². The zero-order valence-corrected chi connectivity index (χ0v) is 13.4. The molecule has 1 aromatic carbocycles. The van der Waals surface area contributed by atoms with E-state index in [1.165, 1.54) is 0 Å². The van der Waals surface area contributed by atoms with Crippen LogP contribution >= 0.6 is 11.6 Å². The molecule has 1 atom stereocenters. The standard InChI is InChI=1S/C16H21ClN2O2/c1-4-13-16(17)14(19(5-2)18-13)10-21-15-9-7-6-8-12(15)11(3)20/h6-9,11,20H,4-5,10H2,1-3H3/t11-/m0/s1. The maximum absolute atomic E-state index is 9.78.